The molecule has 1 fully saturated rings. The molecule has 2 heterocycles. The fraction of sp³-hybridized carbons (Fsp3) is 0.765. The maximum absolute atomic E-state index is 6.28. The number of rotatable bonds is 4. The van der Waals surface area contributed by atoms with Crippen LogP contribution >= 0.6 is 0 Å². The van der Waals surface area contributed by atoms with E-state index < -0.39 is 0 Å². The summed E-state index contributed by atoms with van der Waals surface area (Å²) in [7, 11) is 2.03. The van der Waals surface area contributed by atoms with Crippen molar-refractivity contribution in [3.05, 3.63) is 23.0 Å². The first-order valence-corrected chi connectivity index (χ1v) is 7.90. The zero-order valence-electron chi connectivity index (χ0n) is 14.4. The standard InChI is InChI=1S/C17H29N3O/c1-8-14-12(9-11(2)19-20-14)15(18-7)13-10-16(3,4)21-17(13,5)6/h9,13,15,18H,8,10H2,1-7H3. The summed E-state index contributed by atoms with van der Waals surface area (Å²) in [5, 5.41) is 12.1. The van der Waals surface area contributed by atoms with Crippen LogP contribution in [0.5, 0.6) is 0 Å². The third kappa shape index (κ3) is 3.27. The van der Waals surface area contributed by atoms with Crippen molar-refractivity contribution in [1.29, 1.82) is 0 Å². The first-order chi connectivity index (χ1) is 9.70. The van der Waals surface area contributed by atoms with Crippen LogP contribution in [0.1, 0.15) is 64.0 Å². The molecule has 0 aliphatic carbocycles. The van der Waals surface area contributed by atoms with Gasteiger partial charge in [-0.2, -0.15) is 10.2 Å². The van der Waals surface area contributed by atoms with Crippen molar-refractivity contribution in [3.63, 3.8) is 0 Å². The number of ether oxygens (including phenoxy) is 1. The van der Waals surface area contributed by atoms with Gasteiger partial charge in [0, 0.05) is 12.0 Å². The maximum atomic E-state index is 6.28. The van der Waals surface area contributed by atoms with Gasteiger partial charge in [-0.3, -0.25) is 0 Å². The third-order valence-corrected chi connectivity index (χ3v) is 4.55. The highest BCUT2D eigenvalue weighted by Gasteiger charge is 2.49. The summed E-state index contributed by atoms with van der Waals surface area (Å²) in [6.45, 7) is 12.9. The van der Waals surface area contributed by atoms with Crippen LogP contribution in [0.2, 0.25) is 0 Å². The van der Waals surface area contributed by atoms with E-state index >= 15 is 0 Å². The minimum Gasteiger partial charge on any atom is -0.369 e. The number of hydrogen-bond donors (Lipinski definition) is 1. The lowest BCUT2D eigenvalue weighted by Gasteiger charge is -2.33. The Morgan fingerprint density at radius 2 is 2.00 bits per heavy atom. The lowest BCUT2D eigenvalue weighted by molar-refractivity contribution is -0.0777. The van der Waals surface area contributed by atoms with Crippen molar-refractivity contribution in [2.45, 2.75) is 71.6 Å². The molecule has 1 N–H and O–H groups in total. The summed E-state index contributed by atoms with van der Waals surface area (Å²) in [4.78, 5) is 0. The molecule has 1 saturated heterocycles. The molecule has 0 aromatic carbocycles. The highest BCUT2D eigenvalue weighted by molar-refractivity contribution is 5.27. The molecule has 1 aliphatic heterocycles. The zero-order valence-corrected chi connectivity index (χ0v) is 14.4. The molecule has 1 aliphatic rings. The van der Waals surface area contributed by atoms with E-state index in [9.17, 15) is 0 Å². The Balaban J connectivity index is 2.43. The predicted octanol–water partition coefficient (Wildman–Crippen LogP) is 3.20. The summed E-state index contributed by atoms with van der Waals surface area (Å²) >= 11 is 0. The Hall–Kier alpha value is -1.00. The van der Waals surface area contributed by atoms with Crippen LogP contribution in [0.25, 0.3) is 0 Å². The molecule has 2 rings (SSSR count). The molecule has 0 amide bonds. The Kier molecular flexibility index (Phi) is 4.41. The number of aryl methyl sites for hydroxylation is 2. The Morgan fingerprint density at radius 3 is 2.48 bits per heavy atom. The SMILES string of the molecule is CCc1nnc(C)cc1C(NC)C1CC(C)(C)OC1(C)C. The van der Waals surface area contributed by atoms with Crippen LogP contribution in [0, 0.1) is 12.8 Å². The largest absolute Gasteiger partial charge is 0.369 e. The van der Waals surface area contributed by atoms with Gasteiger partial charge in [0.05, 0.1) is 22.6 Å². The topological polar surface area (TPSA) is 47.0 Å². The molecule has 21 heavy (non-hydrogen) atoms. The number of aromatic nitrogens is 2. The summed E-state index contributed by atoms with van der Waals surface area (Å²) < 4.78 is 6.28. The zero-order chi connectivity index (χ0) is 15.8. The van der Waals surface area contributed by atoms with Gasteiger partial charge in [-0.05, 0) is 66.1 Å². The second-order valence-electron chi connectivity index (χ2n) is 7.28. The third-order valence-electron chi connectivity index (χ3n) is 4.55. The highest BCUT2D eigenvalue weighted by Crippen LogP contribution is 2.47. The average molecular weight is 291 g/mol. The van der Waals surface area contributed by atoms with Crippen LogP contribution in [-0.4, -0.2) is 28.4 Å². The average Bonchev–Trinajstić information content (AvgIpc) is 2.59. The molecule has 0 spiro atoms. The molecule has 4 nitrogen and oxygen atoms in total. The Morgan fingerprint density at radius 1 is 1.33 bits per heavy atom. The van der Waals surface area contributed by atoms with Crippen molar-refractivity contribution >= 4 is 0 Å². The van der Waals surface area contributed by atoms with Gasteiger partial charge >= 0.3 is 0 Å². The van der Waals surface area contributed by atoms with Crippen LogP contribution in [0.4, 0.5) is 0 Å². The summed E-state index contributed by atoms with van der Waals surface area (Å²) in [6.07, 6.45) is 1.94. The van der Waals surface area contributed by atoms with Crippen LogP contribution in [-0.2, 0) is 11.2 Å². The molecule has 0 bridgehead atoms. The van der Waals surface area contributed by atoms with Crippen molar-refractivity contribution in [2.75, 3.05) is 7.05 Å². The number of hydrogen-bond acceptors (Lipinski definition) is 4. The van der Waals surface area contributed by atoms with Gasteiger partial charge < -0.3 is 10.1 Å². The first-order valence-electron chi connectivity index (χ1n) is 7.90. The van der Waals surface area contributed by atoms with Gasteiger partial charge in [-0.15, -0.1) is 0 Å². The van der Waals surface area contributed by atoms with E-state index in [1.165, 1.54) is 5.56 Å². The van der Waals surface area contributed by atoms with Crippen molar-refractivity contribution in [1.82, 2.24) is 15.5 Å². The second kappa shape index (κ2) is 5.65. The quantitative estimate of drug-likeness (QED) is 0.925. The number of nitrogens with one attached hydrogen (secondary N) is 1. The lowest BCUT2D eigenvalue weighted by atomic mass is 9.78. The van der Waals surface area contributed by atoms with E-state index in [2.05, 4.69) is 56.2 Å². The molecular weight excluding hydrogens is 262 g/mol. The minimum absolute atomic E-state index is 0.0782. The van der Waals surface area contributed by atoms with Gasteiger partial charge in [-0.25, -0.2) is 0 Å². The van der Waals surface area contributed by atoms with E-state index in [-0.39, 0.29) is 17.2 Å². The van der Waals surface area contributed by atoms with E-state index in [1.54, 1.807) is 0 Å². The molecule has 2 unspecified atom stereocenters. The smallest absolute Gasteiger partial charge is 0.0681 e. The molecule has 1 aromatic heterocycles. The molecule has 4 heteroatoms. The first kappa shape index (κ1) is 16.4. The number of nitrogens with zero attached hydrogens (tertiary/aromatic N) is 2. The summed E-state index contributed by atoms with van der Waals surface area (Å²) in [5.41, 5.74) is 3.09. The molecular formula is C17H29N3O. The second-order valence-corrected chi connectivity index (χ2v) is 7.28. The van der Waals surface area contributed by atoms with Gasteiger partial charge in [0.25, 0.3) is 0 Å². The fourth-order valence-electron chi connectivity index (χ4n) is 3.78. The van der Waals surface area contributed by atoms with E-state index in [0.29, 0.717) is 5.92 Å². The summed E-state index contributed by atoms with van der Waals surface area (Å²) in [6, 6.07) is 2.42. The van der Waals surface area contributed by atoms with Crippen LogP contribution < -0.4 is 5.32 Å². The monoisotopic (exact) mass is 291 g/mol. The fourth-order valence-corrected chi connectivity index (χ4v) is 3.78. The minimum atomic E-state index is -0.153. The Labute approximate surface area is 128 Å². The molecule has 0 radical (unpaired) electrons. The van der Waals surface area contributed by atoms with Gasteiger partial charge in [0.2, 0.25) is 0 Å². The van der Waals surface area contributed by atoms with E-state index in [4.69, 9.17) is 4.74 Å². The molecule has 2 atom stereocenters. The highest BCUT2D eigenvalue weighted by atomic mass is 16.5. The Bertz CT molecular complexity index is 511. The van der Waals surface area contributed by atoms with Crippen molar-refractivity contribution in [3.8, 4) is 0 Å². The molecule has 118 valence electrons. The molecule has 0 saturated carbocycles. The molecule has 1 aromatic rings. The van der Waals surface area contributed by atoms with Crippen molar-refractivity contribution in [2.24, 2.45) is 5.92 Å². The van der Waals surface area contributed by atoms with Gasteiger partial charge in [0.1, 0.15) is 0 Å². The van der Waals surface area contributed by atoms with Gasteiger partial charge in [0.15, 0.2) is 0 Å². The maximum Gasteiger partial charge on any atom is 0.0681 e. The predicted molar refractivity (Wildman–Crippen MR) is 85.3 cm³/mol. The summed E-state index contributed by atoms with van der Waals surface area (Å²) in [5.74, 6) is 0.409. The van der Waals surface area contributed by atoms with Gasteiger partial charge in [-0.1, -0.05) is 6.92 Å². The van der Waals surface area contributed by atoms with E-state index in [0.717, 1.165) is 24.2 Å². The van der Waals surface area contributed by atoms with Crippen LogP contribution in [0.15, 0.2) is 6.07 Å². The van der Waals surface area contributed by atoms with Crippen LogP contribution in [0.3, 0.4) is 0 Å². The normalized spacial score (nSPS) is 25.0. The van der Waals surface area contributed by atoms with Crippen molar-refractivity contribution < 1.29 is 4.74 Å². The van der Waals surface area contributed by atoms with E-state index in [1.807, 2.05) is 14.0 Å². The lowest BCUT2D eigenvalue weighted by Crippen LogP contribution is -2.38.